The molecule has 0 atom stereocenters. The van der Waals surface area contributed by atoms with Crippen LogP contribution in [0.15, 0.2) is 42.5 Å². The van der Waals surface area contributed by atoms with Crippen LogP contribution in [0.5, 0.6) is 5.75 Å². The van der Waals surface area contributed by atoms with Crippen LogP contribution in [-0.4, -0.2) is 18.0 Å². The fourth-order valence-corrected chi connectivity index (χ4v) is 1.86. The van der Waals surface area contributed by atoms with Gasteiger partial charge in [0, 0.05) is 17.2 Å². The molecule has 1 amide bonds. The molecule has 4 nitrogen and oxygen atoms in total. The molecule has 0 radical (unpaired) electrons. The Balaban J connectivity index is 2.25. The minimum Gasteiger partial charge on any atom is -0.497 e. The average molecular weight is 304 g/mol. The largest absolute Gasteiger partial charge is 0.497 e. The molecule has 108 valence electrons. The standard InChI is InChI=1S/C15H13FN2O2S/c1-20-11-5-6-12(16)13(8-11)18-15(19)10-4-2-3-9(7-10)14(17)21/h2-8H,1H3,(H2,17,21)(H,18,19). The Hall–Kier alpha value is -2.47. The first-order valence-electron chi connectivity index (χ1n) is 6.06. The van der Waals surface area contributed by atoms with Crippen molar-refractivity contribution in [2.24, 2.45) is 5.73 Å². The molecule has 2 aromatic rings. The van der Waals surface area contributed by atoms with Gasteiger partial charge in [0.1, 0.15) is 16.6 Å². The number of halogens is 1. The zero-order valence-corrected chi connectivity index (χ0v) is 12.0. The predicted molar refractivity (Wildman–Crippen MR) is 83.2 cm³/mol. The van der Waals surface area contributed by atoms with Gasteiger partial charge in [-0.25, -0.2) is 4.39 Å². The third-order valence-corrected chi connectivity index (χ3v) is 3.07. The Morgan fingerprint density at radius 1 is 1.24 bits per heavy atom. The molecule has 0 saturated carbocycles. The normalized spacial score (nSPS) is 10.0. The molecule has 0 saturated heterocycles. The van der Waals surface area contributed by atoms with Gasteiger partial charge < -0.3 is 15.8 Å². The Kier molecular flexibility index (Phi) is 4.49. The summed E-state index contributed by atoms with van der Waals surface area (Å²) >= 11 is 4.86. The van der Waals surface area contributed by atoms with Crippen LogP contribution in [0.4, 0.5) is 10.1 Å². The third kappa shape index (κ3) is 3.55. The third-order valence-electron chi connectivity index (χ3n) is 2.83. The van der Waals surface area contributed by atoms with Crippen molar-refractivity contribution in [3.05, 3.63) is 59.4 Å². The summed E-state index contributed by atoms with van der Waals surface area (Å²) in [5.74, 6) is -0.557. The number of nitrogens with one attached hydrogen (secondary N) is 1. The SMILES string of the molecule is COc1ccc(F)c(NC(=O)c2cccc(C(N)=S)c2)c1. The molecule has 0 spiro atoms. The zero-order valence-electron chi connectivity index (χ0n) is 11.2. The van der Waals surface area contributed by atoms with Crippen molar-refractivity contribution in [3.8, 4) is 5.75 Å². The van der Waals surface area contributed by atoms with Crippen molar-refractivity contribution in [3.63, 3.8) is 0 Å². The van der Waals surface area contributed by atoms with E-state index in [1.807, 2.05) is 0 Å². The van der Waals surface area contributed by atoms with E-state index in [0.29, 0.717) is 16.9 Å². The van der Waals surface area contributed by atoms with Crippen molar-refractivity contribution in [1.82, 2.24) is 0 Å². The number of amides is 1. The van der Waals surface area contributed by atoms with E-state index in [1.54, 1.807) is 24.3 Å². The van der Waals surface area contributed by atoms with Crippen molar-refractivity contribution in [1.29, 1.82) is 0 Å². The zero-order chi connectivity index (χ0) is 15.4. The van der Waals surface area contributed by atoms with Crippen LogP contribution in [-0.2, 0) is 0 Å². The second kappa shape index (κ2) is 6.32. The Bertz CT molecular complexity index is 704. The molecular formula is C15H13FN2O2S. The van der Waals surface area contributed by atoms with Gasteiger partial charge in [-0.1, -0.05) is 24.4 Å². The highest BCUT2D eigenvalue weighted by atomic mass is 32.1. The summed E-state index contributed by atoms with van der Waals surface area (Å²) in [6.45, 7) is 0. The number of benzene rings is 2. The number of methoxy groups -OCH3 is 1. The number of hydrogen-bond donors (Lipinski definition) is 2. The number of hydrogen-bond acceptors (Lipinski definition) is 3. The predicted octanol–water partition coefficient (Wildman–Crippen LogP) is 2.72. The Labute approximate surface area is 126 Å². The fraction of sp³-hybridized carbons (Fsp3) is 0.0667. The molecule has 3 N–H and O–H groups in total. The molecule has 0 heterocycles. The van der Waals surface area contributed by atoms with Crippen molar-refractivity contribution in [2.75, 3.05) is 12.4 Å². The molecule has 0 fully saturated rings. The lowest BCUT2D eigenvalue weighted by atomic mass is 10.1. The smallest absolute Gasteiger partial charge is 0.255 e. The fourth-order valence-electron chi connectivity index (χ4n) is 1.74. The molecule has 2 aromatic carbocycles. The molecule has 6 heteroatoms. The monoisotopic (exact) mass is 304 g/mol. The van der Waals surface area contributed by atoms with E-state index in [9.17, 15) is 9.18 Å². The number of rotatable bonds is 4. The van der Waals surface area contributed by atoms with Crippen LogP contribution in [0.1, 0.15) is 15.9 Å². The summed E-state index contributed by atoms with van der Waals surface area (Å²) in [5.41, 5.74) is 6.47. The van der Waals surface area contributed by atoms with Gasteiger partial charge in [0.15, 0.2) is 0 Å². The molecule has 0 unspecified atom stereocenters. The van der Waals surface area contributed by atoms with Crippen molar-refractivity contribution >= 4 is 28.8 Å². The number of nitrogens with two attached hydrogens (primary N) is 1. The summed E-state index contributed by atoms with van der Waals surface area (Å²) in [6, 6.07) is 10.6. The lowest BCUT2D eigenvalue weighted by Gasteiger charge is -2.09. The van der Waals surface area contributed by atoms with E-state index in [4.69, 9.17) is 22.7 Å². The van der Waals surface area contributed by atoms with Gasteiger partial charge in [-0.3, -0.25) is 4.79 Å². The minimum atomic E-state index is -0.547. The topological polar surface area (TPSA) is 64.3 Å². The van der Waals surface area contributed by atoms with Crippen LogP contribution in [0.2, 0.25) is 0 Å². The van der Waals surface area contributed by atoms with Crippen LogP contribution in [0, 0.1) is 5.82 Å². The van der Waals surface area contributed by atoms with Crippen LogP contribution < -0.4 is 15.8 Å². The lowest BCUT2D eigenvalue weighted by Crippen LogP contribution is -2.15. The van der Waals surface area contributed by atoms with E-state index >= 15 is 0 Å². The highest BCUT2D eigenvalue weighted by Gasteiger charge is 2.11. The van der Waals surface area contributed by atoms with Gasteiger partial charge in [-0.15, -0.1) is 0 Å². The molecule has 0 bridgehead atoms. The number of ether oxygens (including phenoxy) is 1. The van der Waals surface area contributed by atoms with E-state index in [1.165, 1.54) is 25.3 Å². The molecule has 2 rings (SSSR count). The van der Waals surface area contributed by atoms with E-state index in [2.05, 4.69) is 5.32 Å². The summed E-state index contributed by atoms with van der Waals surface area (Å²) < 4.78 is 18.7. The Morgan fingerprint density at radius 2 is 1.95 bits per heavy atom. The van der Waals surface area contributed by atoms with E-state index < -0.39 is 11.7 Å². The van der Waals surface area contributed by atoms with Gasteiger partial charge >= 0.3 is 0 Å². The quantitative estimate of drug-likeness (QED) is 0.853. The second-order valence-corrected chi connectivity index (χ2v) is 4.68. The van der Waals surface area contributed by atoms with Gasteiger partial charge in [0.2, 0.25) is 0 Å². The summed E-state index contributed by atoms with van der Waals surface area (Å²) in [5, 5.41) is 2.49. The first-order chi connectivity index (χ1) is 10.0. The molecule has 21 heavy (non-hydrogen) atoms. The van der Waals surface area contributed by atoms with E-state index in [-0.39, 0.29) is 10.7 Å². The molecule has 0 aliphatic heterocycles. The van der Waals surface area contributed by atoms with Gasteiger partial charge in [0.25, 0.3) is 5.91 Å². The minimum absolute atomic E-state index is 0.0417. The first-order valence-corrected chi connectivity index (χ1v) is 6.47. The number of thiocarbonyl (C=S) groups is 1. The maximum Gasteiger partial charge on any atom is 0.255 e. The number of anilines is 1. The van der Waals surface area contributed by atoms with Gasteiger partial charge in [-0.05, 0) is 24.3 Å². The van der Waals surface area contributed by atoms with E-state index in [0.717, 1.165) is 0 Å². The highest BCUT2D eigenvalue weighted by Crippen LogP contribution is 2.21. The number of carbonyl (C=O) groups is 1. The Morgan fingerprint density at radius 3 is 2.62 bits per heavy atom. The summed E-state index contributed by atoms with van der Waals surface area (Å²) in [7, 11) is 1.46. The van der Waals surface area contributed by atoms with Crippen molar-refractivity contribution < 1.29 is 13.9 Å². The number of carbonyl (C=O) groups excluding carboxylic acids is 1. The lowest BCUT2D eigenvalue weighted by molar-refractivity contribution is 0.102. The molecule has 0 aliphatic rings. The average Bonchev–Trinajstić information content (AvgIpc) is 2.49. The summed E-state index contributed by atoms with van der Waals surface area (Å²) in [6.07, 6.45) is 0. The maximum atomic E-state index is 13.7. The van der Waals surface area contributed by atoms with Crippen molar-refractivity contribution in [2.45, 2.75) is 0 Å². The van der Waals surface area contributed by atoms with Crippen LogP contribution >= 0.6 is 12.2 Å². The van der Waals surface area contributed by atoms with Gasteiger partial charge in [0.05, 0.1) is 12.8 Å². The van der Waals surface area contributed by atoms with Crippen LogP contribution in [0.3, 0.4) is 0 Å². The van der Waals surface area contributed by atoms with Gasteiger partial charge in [-0.2, -0.15) is 0 Å². The second-order valence-electron chi connectivity index (χ2n) is 4.24. The first kappa shape index (κ1) is 14.9. The maximum absolute atomic E-state index is 13.7. The highest BCUT2D eigenvalue weighted by molar-refractivity contribution is 7.80. The van der Waals surface area contributed by atoms with Crippen LogP contribution in [0.25, 0.3) is 0 Å². The molecule has 0 aliphatic carbocycles. The summed E-state index contributed by atoms with van der Waals surface area (Å²) in [4.78, 5) is 12.3. The molecular weight excluding hydrogens is 291 g/mol. The molecule has 0 aromatic heterocycles.